The number of aliphatic hydroxyl groups is 1. The molecule has 22 heavy (non-hydrogen) atoms. The first-order valence-corrected chi connectivity index (χ1v) is 7.68. The van der Waals surface area contributed by atoms with Gasteiger partial charge in [0.1, 0.15) is 18.5 Å². The highest BCUT2D eigenvalue weighted by atomic mass is 31.2. The number of rotatable bonds is 8. The van der Waals surface area contributed by atoms with Crippen LogP contribution in [0.2, 0.25) is 0 Å². The molecule has 0 spiro atoms. The first kappa shape index (κ1) is 18.5. The van der Waals surface area contributed by atoms with Gasteiger partial charge in [-0.1, -0.05) is 5.16 Å². The third kappa shape index (κ3) is 6.06. The summed E-state index contributed by atoms with van der Waals surface area (Å²) in [5.74, 6) is -0.224. The molecule has 6 N–H and O–H groups in total. The molecule has 1 rings (SSSR count). The predicted molar refractivity (Wildman–Crippen MR) is 76.1 cm³/mol. The van der Waals surface area contributed by atoms with Crippen molar-refractivity contribution in [2.45, 2.75) is 19.6 Å². The number of phosphoric acid groups is 1. The van der Waals surface area contributed by atoms with Crippen molar-refractivity contribution in [3.63, 3.8) is 0 Å². The second-order valence-electron chi connectivity index (χ2n) is 4.31. The SMILES string of the molecule is Cc1ncc(COP(=O)(O)O)c(/C=N/OCC(O)CN)c1O. The number of aryl methyl sites for hydroxylation is 1. The van der Waals surface area contributed by atoms with E-state index >= 15 is 0 Å². The second kappa shape index (κ2) is 8.18. The number of aromatic hydroxyl groups is 1. The van der Waals surface area contributed by atoms with Crippen LogP contribution in [0.1, 0.15) is 16.8 Å². The Balaban J connectivity index is 2.88. The number of nitrogens with zero attached hydrogens (tertiary/aromatic N) is 2. The van der Waals surface area contributed by atoms with E-state index in [0.29, 0.717) is 5.69 Å². The van der Waals surface area contributed by atoms with Crippen LogP contribution in [0.15, 0.2) is 11.4 Å². The van der Waals surface area contributed by atoms with E-state index < -0.39 is 20.5 Å². The summed E-state index contributed by atoms with van der Waals surface area (Å²) in [6, 6.07) is 0. The monoisotopic (exact) mass is 335 g/mol. The van der Waals surface area contributed by atoms with E-state index in [4.69, 9.17) is 20.4 Å². The Morgan fingerprint density at radius 1 is 1.55 bits per heavy atom. The van der Waals surface area contributed by atoms with Crippen LogP contribution in [0.3, 0.4) is 0 Å². The van der Waals surface area contributed by atoms with Crippen LogP contribution in [-0.2, 0) is 20.5 Å². The summed E-state index contributed by atoms with van der Waals surface area (Å²) in [7, 11) is -4.66. The summed E-state index contributed by atoms with van der Waals surface area (Å²) in [6.45, 7) is 0.944. The Morgan fingerprint density at radius 3 is 2.82 bits per heavy atom. The lowest BCUT2D eigenvalue weighted by Gasteiger charge is -2.10. The van der Waals surface area contributed by atoms with Gasteiger partial charge in [-0.15, -0.1) is 0 Å². The van der Waals surface area contributed by atoms with Crippen molar-refractivity contribution in [1.82, 2.24) is 4.98 Å². The van der Waals surface area contributed by atoms with E-state index in [1.165, 1.54) is 6.20 Å². The van der Waals surface area contributed by atoms with Crippen LogP contribution in [0.5, 0.6) is 5.75 Å². The van der Waals surface area contributed by atoms with Crippen molar-refractivity contribution in [3.05, 3.63) is 23.0 Å². The number of aliphatic hydroxyl groups excluding tert-OH is 1. The lowest BCUT2D eigenvalue weighted by molar-refractivity contribution is 0.0456. The lowest BCUT2D eigenvalue weighted by Crippen LogP contribution is -2.24. The number of aromatic nitrogens is 1. The van der Waals surface area contributed by atoms with Crippen LogP contribution in [-0.4, -0.2) is 50.5 Å². The molecule has 1 aromatic heterocycles. The molecule has 0 aliphatic carbocycles. The van der Waals surface area contributed by atoms with Gasteiger partial charge in [0.05, 0.1) is 18.5 Å². The number of phosphoric ester groups is 1. The highest BCUT2D eigenvalue weighted by molar-refractivity contribution is 7.46. The Morgan fingerprint density at radius 2 is 2.23 bits per heavy atom. The minimum absolute atomic E-state index is 0.0104. The molecule has 1 aromatic rings. The number of oxime groups is 1. The topological polar surface area (TPSA) is 168 Å². The van der Waals surface area contributed by atoms with Crippen molar-refractivity contribution < 1.29 is 33.9 Å². The molecule has 0 fully saturated rings. The standard InChI is InChI=1S/C11H18N3O7P/c1-7-11(16)10(4-14-20-6-9(15)2-12)8(3-13-7)5-21-22(17,18)19/h3-4,9,15-16H,2,5-6,12H2,1H3,(H2,17,18,19)/b14-4+. The van der Waals surface area contributed by atoms with Crippen LogP contribution in [0, 0.1) is 6.92 Å². The van der Waals surface area contributed by atoms with E-state index in [9.17, 15) is 14.8 Å². The first-order chi connectivity index (χ1) is 10.2. The minimum Gasteiger partial charge on any atom is -0.505 e. The zero-order valence-corrected chi connectivity index (χ0v) is 12.7. The molecule has 11 heteroatoms. The van der Waals surface area contributed by atoms with Gasteiger partial charge in [0.15, 0.2) is 0 Å². The fourth-order valence-electron chi connectivity index (χ4n) is 1.35. The summed E-state index contributed by atoms with van der Waals surface area (Å²) in [5, 5.41) is 22.7. The zero-order chi connectivity index (χ0) is 16.8. The Kier molecular flexibility index (Phi) is 6.88. The lowest BCUT2D eigenvalue weighted by atomic mass is 10.1. The maximum atomic E-state index is 10.7. The molecule has 0 amide bonds. The molecule has 1 heterocycles. The predicted octanol–water partition coefficient (Wildman–Crippen LogP) is -0.625. The molecule has 0 aromatic carbocycles. The van der Waals surface area contributed by atoms with E-state index in [2.05, 4.69) is 14.7 Å². The van der Waals surface area contributed by atoms with Gasteiger partial charge in [0.2, 0.25) is 0 Å². The molecule has 0 aliphatic heterocycles. The average Bonchev–Trinajstić information content (AvgIpc) is 2.45. The average molecular weight is 335 g/mol. The molecule has 1 unspecified atom stereocenters. The summed E-state index contributed by atoms with van der Waals surface area (Å²) in [6.07, 6.45) is 1.55. The number of pyridine rings is 1. The van der Waals surface area contributed by atoms with Crippen molar-refractivity contribution in [3.8, 4) is 5.75 Å². The van der Waals surface area contributed by atoms with Crippen molar-refractivity contribution in [1.29, 1.82) is 0 Å². The van der Waals surface area contributed by atoms with Crippen LogP contribution in [0.25, 0.3) is 0 Å². The second-order valence-corrected chi connectivity index (χ2v) is 5.55. The fraction of sp³-hybridized carbons (Fsp3) is 0.455. The number of nitrogens with two attached hydrogens (primary N) is 1. The third-order valence-corrected chi connectivity index (χ3v) is 3.01. The molecular weight excluding hydrogens is 317 g/mol. The van der Waals surface area contributed by atoms with Gasteiger partial charge in [-0.25, -0.2) is 4.57 Å². The van der Waals surface area contributed by atoms with Gasteiger partial charge in [-0.2, -0.15) is 0 Å². The largest absolute Gasteiger partial charge is 0.505 e. The van der Waals surface area contributed by atoms with Crippen LogP contribution >= 0.6 is 7.82 Å². The Labute approximate surface area is 126 Å². The Hall–Kier alpha value is -1.55. The molecular formula is C11H18N3O7P. The molecule has 0 bridgehead atoms. The molecule has 1 atom stereocenters. The van der Waals surface area contributed by atoms with Gasteiger partial charge in [-0.05, 0) is 6.92 Å². The highest BCUT2D eigenvalue weighted by Gasteiger charge is 2.17. The Bertz CT molecular complexity index is 575. The number of hydrogen-bond donors (Lipinski definition) is 5. The van der Waals surface area contributed by atoms with Gasteiger partial charge in [0, 0.05) is 23.9 Å². The van der Waals surface area contributed by atoms with E-state index in [0.717, 1.165) is 6.21 Å². The van der Waals surface area contributed by atoms with Crippen LogP contribution < -0.4 is 5.73 Å². The molecule has 0 aliphatic rings. The quantitative estimate of drug-likeness (QED) is 0.236. The molecule has 124 valence electrons. The van der Waals surface area contributed by atoms with Crippen molar-refractivity contribution in [2.24, 2.45) is 10.9 Å². The van der Waals surface area contributed by atoms with E-state index in [1.54, 1.807) is 6.92 Å². The smallest absolute Gasteiger partial charge is 0.469 e. The van der Waals surface area contributed by atoms with E-state index in [1.807, 2.05) is 0 Å². The highest BCUT2D eigenvalue weighted by Crippen LogP contribution is 2.37. The zero-order valence-electron chi connectivity index (χ0n) is 11.8. The summed E-state index contributed by atoms with van der Waals surface area (Å²) in [4.78, 5) is 26.1. The summed E-state index contributed by atoms with van der Waals surface area (Å²) in [5.41, 5.74) is 5.84. The fourth-order valence-corrected chi connectivity index (χ4v) is 1.66. The van der Waals surface area contributed by atoms with Gasteiger partial charge < -0.3 is 30.6 Å². The molecule has 10 nitrogen and oxygen atoms in total. The van der Waals surface area contributed by atoms with Gasteiger partial charge in [0.25, 0.3) is 0 Å². The van der Waals surface area contributed by atoms with E-state index in [-0.39, 0.29) is 30.0 Å². The van der Waals surface area contributed by atoms with Gasteiger partial charge in [-0.3, -0.25) is 9.51 Å². The maximum absolute atomic E-state index is 10.7. The molecule has 0 saturated carbocycles. The summed E-state index contributed by atoms with van der Waals surface area (Å²) >= 11 is 0. The molecule has 0 saturated heterocycles. The third-order valence-electron chi connectivity index (χ3n) is 2.54. The van der Waals surface area contributed by atoms with Crippen molar-refractivity contribution in [2.75, 3.05) is 13.2 Å². The number of hydrogen-bond acceptors (Lipinski definition) is 8. The normalized spacial score (nSPS) is 13.5. The van der Waals surface area contributed by atoms with Gasteiger partial charge >= 0.3 is 7.82 Å². The first-order valence-electron chi connectivity index (χ1n) is 6.15. The van der Waals surface area contributed by atoms with Crippen molar-refractivity contribution >= 4 is 14.0 Å². The molecule has 0 radical (unpaired) electrons. The summed E-state index contributed by atoms with van der Waals surface area (Å²) < 4.78 is 15.1. The maximum Gasteiger partial charge on any atom is 0.469 e. The minimum atomic E-state index is -4.66. The van der Waals surface area contributed by atoms with Crippen LogP contribution in [0.4, 0.5) is 0 Å².